The summed E-state index contributed by atoms with van der Waals surface area (Å²) in [5, 5.41) is 4.64. The quantitative estimate of drug-likeness (QED) is 0.908. The highest BCUT2D eigenvalue weighted by molar-refractivity contribution is 7.11. The van der Waals surface area contributed by atoms with Crippen LogP contribution in [0.2, 0.25) is 0 Å². The summed E-state index contributed by atoms with van der Waals surface area (Å²) >= 11 is 1.43. The molecule has 6 heteroatoms. The van der Waals surface area contributed by atoms with E-state index in [9.17, 15) is 0 Å². The Labute approximate surface area is 128 Å². The highest BCUT2D eigenvalue weighted by atomic mass is 32.1. The average molecular weight is 304 g/mol. The van der Waals surface area contributed by atoms with Crippen molar-refractivity contribution >= 4 is 22.4 Å². The third-order valence-electron chi connectivity index (χ3n) is 4.02. The lowest BCUT2D eigenvalue weighted by atomic mass is 9.93. The lowest BCUT2D eigenvalue weighted by molar-refractivity contribution is 0.0623. The van der Waals surface area contributed by atoms with Crippen molar-refractivity contribution in [1.29, 1.82) is 0 Å². The van der Waals surface area contributed by atoms with E-state index in [1.54, 1.807) is 12.4 Å². The molecule has 3 rings (SSSR count). The van der Waals surface area contributed by atoms with Crippen LogP contribution < -0.4 is 11.1 Å². The number of nitrogens with zero attached hydrogens (tertiary/aromatic N) is 2. The number of hydrogen-bond acceptors (Lipinski definition) is 6. The molecular weight excluding hydrogens is 284 g/mol. The zero-order chi connectivity index (χ0) is 14.7. The molecule has 5 nitrogen and oxygen atoms in total. The van der Waals surface area contributed by atoms with E-state index in [-0.39, 0.29) is 0 Å². The highest BCUT2D eigenvalue weighted by Gasteiger charge is 2.23. The number of pyridine rings is 1. The maximum absolute atomic E-state index is 6.05. The van der Waals surface area contributed by atoms with Gasteiger partial charge in [0, 0.05) is 31.6 Å². The van der Waals surface area contributed by atoms with Crippen LogP contribution >= 0.6 is 11.5 Å². The van der Waals surface area contributed by atoms with Crippen LogP contribution in [-0.2, 0) is 4.74 Å². The Morgan fingerprint density at radius 1 is 1.33 bits per heavy atom. The lowest BCUT2D eigenvalue weighted by Crippen LogP contribution is -2.30. The molecule has 3 heterocycles. The van der Waals surface area contributed by atoms with E-state index in [1.807, 2.05) is 12.1 Å². The van der Waals surface area contributed by atoms with Crippen LogP contribution in [0.25, 0.3) is 11.1 Å². The van der Waals surface area contributed by atoms with Gasteiger partial charge in [0.05, 0.1) is 5.56 Å². The number of nitrogens with one attached hydrogen (secondary N) is 1. The van der Waals surface area contributed by atoms with Crippen molar-refractivity contribution in [2.75, 3.05) is 24.3 Å². The summed E-state index contributed by atoms with van der Waals surface area (Å²) in [6.45, 7) is 3.94. The average Bonchev–Trinajstić information content (AvgIpc) is 2.89. The van der Waals surface area contributed by atoms with E-state index in [4.69, 9.17) is 10.5 Å². The minimum atomic E-state index is 0.384. The first kappa shape index (κ1) is 14.3. The van der Waals surface area contributed by atoms with Gasteiger partial charge in [-0.15, -0.1) is 0 Å². The molecule has 1 aliphatic heterocycles. The van der Waals surface area contributed by atoms with Crippen LogP contribution in [0, 0.1) is 5.92 Å². The highest BCUT2D eigenvalue weighted by Crippen LogP contribution is 2.37. The van der Waals surface area contributed by atoms with Gasteiger partial charge in [0.2, 0.25) is 0 Å². The molecule has 0 aromatic carbocycles. The van der Waals surface area contributed by atoms with Crippen LogP contribution in [0.4, 0.5) is 10.8 Å². The number of nitrogen functional groups attached to an aromatic ring is 1. The van der Waals surface area contributed by atoms with Gasteiger partial charge < -0.3 is 15.8 Å². The molecule has 0 saturated carbocycles. The first-order valence-corrected chi connectivity index (χ1v) is 8.03. The van der Waals surface area contributed by atoms with Crippen LogP contribution in [0.3, 0.4) is 0 Å². The molecule has 1 atom stereocenters. The fraction of sp³-hybridized carbons (Fsp3) is 0.467. The second kappa shape index (κ2) is 6.41. The third kappa shape index (κ3) is 3.16. The molecular formula is C15H20N4OS. The summed E-state index contributed by atoms with van der Waals surface area (Å²) in [7, 11) is 0. The Hall–Kier alpha value is -1.66. The van der Waals surface area contributed by atoms with Crippen molar-refractivity contribution in [1.82, 2.24) is 9.36 Å². The van der Waals surface area contributed by atoms with E-state index >= 15 is 0 Å². The molecule has 0 radical (unpaired) electrons. The maximum atomic E-state index is 6.05. The maximum Gasteiger partial charge on any atom is 0.147 e. The largest absolute Gasteiger partial charge is 0.382 e. The second-order valence-corrected chi connectivity index (χ2v) is 6.16. The summed E-state index contributed by atoms with van der Waals surface area (Å²) in [6.07, 6.45) is 5.76. The first-order chi connectivity index (χ1) is 10.3. The Balaban J connectivity index is 1.80. The number of ether oxygens (including phenoxy) is 1. The number of hydrogen-bond donors (Lipinski definition) is 2. The number of anilines is 2. The number of rotatable bonds is 4. The predicted octanol–water partition coefficient (Wildman–Crippen LogP) is 3.01. The first-order valence-electron chi connectivity index (χ1n) is 7.25. The fourth-order valence-corrected chi connectivity index (χ4v) is 3.57. The normalized spacial score (nSPS) is 17.6. The predicted molar refractivity (Wildman–Crippen MR) is 86.4 cm³/mol. The van der Waals surface area contributed by atoms with Gasteiger partial charge in [-0.1, -0.05) is 0 Å². The summed E-state index contributed by atoms with van der Waals surface area (Å²) in [6, 6.07) is 4.31. The molecule has 0 amide bonds. The van der Waals surface area contributed by atoms with Crippen molar-refractivity contribution in [3.63, 3.8) is 0 Å². The summed E-state index contributed by atoms with van der Waals surface area (Å²) in [5.41, 5.74) is 8.09. The van der Waals surface area contributed by atoms with Gasteiger partial charge in [0.15, 0.2) is 0 Å². The Morgan fingerprint density at radius 3 is 2.76 bits per heavy atom. The minimum absolute atomic E-state index is 0.384. The lowest BCUT2D eigenvalue weighted by Gasteiger charge is -2.28. The summed E-state index contributed by atoms with van der Waals surface area (Å²) < 4.78 is 9.74. The molecule has 1 unspecified atom stereocenters. The summed E-state index contributed by atoms with van der Waals surface area (Å²) in [5.74, 6) is 1.21. The topological polar surface area (TPSA) is 73.1 Å². The molecule has 1 fully saturated rings. The number of nitrogens with two attached hydrogens (primary N) is 1. The number of aromatic nitrogens is 2. The van der Waals surface area contributed by atoms with Gasteiger partial charge in [-0.2, -0.15) is 4.37 Å². The van der Waals surface area contributed by atoms with E-state index in [0.29, 0.717) is 17.8 Å². The van der Waals surface area contributed by atoms with Crippen molar-refractivity contribution in [3.8, 4) is 11.1 Å². The van der Waals surface area contributed by atoms with Crippen molar-refractivity contribution < 1.29 is 4.74 Å². The fourth-order valence-electron chi connectivity index (χ4n) is 2.74. The Morgan fingerprint density at radius 2 is 2.05 bits per heavy atom. The van der Waals surface area contributed by atoms with Gasteiger partial charge in [-0.3, -0.25) is 4.98 Å². The van der Waals surface area contributed by atoms with Crippen LogP contribution in [0.1, 0.15) is 19.8 Å². The molecule has 21 heavy (non-hydrogen) atoms. The Bertz CT molecular complexity index is 581. The van der Waals surface area contributed by atoms with E-state index in [2.05, 4.69) is 21.6 Å². The molecule has 1 saturated heterocycles. The van der Waals surface area contributed by atoms with Crippen LogP contribution in [-0.4, -0.2) is 28.6 Å². The van der Waals surface area contributed by atoms with Crippen molar-refractivity contribution in [2.24, 2.45) is 5.92 Å². The molecule has 2 aromatic rings. The standard InChI is InChI=1S/C15H20N4OS/c1-10(11-4-8-20-9-5-11)18-15-13(14(16)19-21-15)12-2-6-17-7-3-12/h2-3,6-7,10-11,18H,4-5,8-9H2,1H3,(H2,16,19). The van der Waals surface area contributed by atoms with Gasteiger partial charge in [0.25, 0.3) is 0 Å². The monoisotopic (exact) mass is 304 g/mol. The molecule has 0 bridgehead atoms. The van der Waals surface area contributed by atoms with Crippen molar-refractivity contribution in [2.45, 2.75) is 25.8 Å². The summed E-state index contributed by atoms with van der Waals surface area (Å²) in [4.78, 5) is 4.06. The van der Waals surface area contributed by atoms with Crippen molar-refractivity contribution in [3.05, 3.63) is 24.5 Å². The molecule has 112 valence electrons. The molecule has 1 aliphatic rings. The minimum Gasteiger partial charge on any atom is -0.382 e. The Kier molecular flexibility index (Phi) is 4.36. The van der Waals surface area contributed by atoms with E-state index in [0.717, 1.165) is 42.2 Å². The molecule has 2 aromatic heterocycles. The molecule has 3 N–H and O–H groups in total. The smallest absolute Gasteiger partial charge is 0.147 e. The molecule has 0 aliphatic carbocycles. The second-order valence-electron chi connectivity index (χ2n) is 5.39. The van der Waals surface area contributed by atoms with E-state index < -0.39 is 0 Å². The molecule has 0 spiro atoms. The SMILES string of the molecule is CC(Nc1snc(N)c1-c1ccncc1)C1CCOCC1. The van der Waals surface area contributed by atoms with E-state index in [1.165, 1.54) is 11.5 Å². The van der Waals surface area contributed by atoms with Gasteiger partial charge in [-0.25, -0.2) is 0 Å². The van der Waals surface area contributed by atoms with Gasteiger partial charge in [-0.05, 0) is 54.9 Å². The zero-order valence-corrected chi connectivity index (χ0v) is 12.9. The van der Waals surface area contributed by atoms with Crippen LogP contribution in [0.15, 0.2) is 24.5 Å². The van der Waals surface area contributed by atoms with Gasteiger partial charge in [0.1, 0.15) is 10.8 Å². The van der Waals surface area contributed by atoms with Crippen LogP contribution in [0.5, 0.6) is 0 Å². The third-order valence-corrected chi connectivity index (χ3v) is 4.81. The zero-order valence-electron chi connectivity index (χ0n) is 12.1. The van der Waals surface area contributed by atoms with Gasteiger partial charge >= 0.3 is 0 Å².